The molecular formula is C22H18F2N2. The van der Waals surface area contributed by atoms with Crippen molar-refractivity contribution in [3.05, 3.63) is 107 Å². The molecule has 1 aliphatic heterocycles. The van der Waals surface area contributed by atoms with Gasteiger partial charge < -0.3 is 5.32 Å². The van der Waals surface area contributed by atoms with Crippen molar-refractivity contribution in [1.82, 2.24) is 5.32 Å². The summed E-state index contributed by atoms with van der Waals surface area (Å²) in [5.74, 6) is -0.202. The molecular weight excluding hydrogens is 330 g/mol. The van der Waals surface area contributed by atoms with Crippen LogP contribution in [0.3, 0.4) is 0 Å². The first-order valence-corrected chi connectivity index (χ1v) is 8.58. The number of nitrogens with zero attached hydrogens (tertiary/aromatic N) is 1. The minimum absolute atomic E-state index is 0.0368. The second kappa shape index (κ2) is 7.08. The number of aliphatic imine (C=N–C) groups is 1. The standard InChI is InChI=1S/C22H18F2N2/c23-18-11-12-19(24)17(13-18)14-20-25-21(15-7-3-1-4-8-15)22(26-20)16-9-5-2-6-10-16/h1-13,21-22H,14H2,(H,25,26)/t21-,22+. The molecule has 26 heavy (non-hydrogen) atoms. The summed E-state index contributed by atoms with van der Waals surface area (Å²) in [7, 11) is 0. The Bertz CT molecular complexity index is 923. The highest BCUT2D eigenvalue weighted by molar-refractivity contribution is 5.87. The maximum absolute atomic E-state index is 14.0. The number of hydrogen-bond donors (Lipinski definition) is 1. The van der Waals surface area contributed by atoms with Gasteiger partial charge in [0.1, 0.15) is 23.5 Å². The predicted octanol–water partition coefficient (Wildman–Crippen LogP) is 4.99. The molecule has 2 nitrogen and oxygen atoms in total. The molecule has 130 valence electrons. The third kappa shape index (κ3) is 3.36. The molecule has 0 spiro atoms. The second-order valence-electron chi connectivity index (χ2n) is 6.38. The predicted molar refractivity (Wildman–Crippen MR) is 99.0 cm³/mol. The molecule has 0 saturated carbocycles. The maximum atomic E-state index is 14.0. The Labute approximate surface area is 151 Å². The van der Waals surface area contributed by atoms with Gasteiger partial charge in [-0.3, -0.25) is 4.99 Å². The van der Waals surface area contributed by atoms with Gasteiger partial charge >= 0.3 is 0 Å². The van der Waals surface area contributed by atoms with E-state index < -0.39 is 11.6 Å². The quantitative estimate of drug-likeness (QED) is 0.706. The molecule has 0 unspecified atom stereocenters. The van der Waals surface area contributed by atoms with Crippen molar-refractivity contribution < 1.29 is 8.78 Å². The lowest BCUT2D eigenvalue weighted by atomic mass is 9.95. The van der Waals surface area contributed by atoms with E-state index in [1.54, 1.807) is 0 Å². The van der Waals surface area contributed by atoms with Gasteiger partial charge in [-0.25, -0.2) is 8.78 Å². The number of amidine groups is 1. The molecule has 1 heterocycles. The van der Waals surface area contributed by atoms with E-state index in [-0.39, 0.29) is 18.5 Å². The summed E-state index contributed by atoms with van der Waals surface area (Å²) in [5.41, 5.74) is 2.50. The molecule has 0 amide bonds. The average molecular weight is 348 g/mol. The van der Waals surface area contributed by atoms with Crippen LogP contribution in [0.5, 0.6) is 0 Å². The van der Waals surface area contributed by atoms with Gasteiger partial charge in [0.25, 0.3) is 0 Å². The number of rotatable bonds is 4. The Morgan fingerprint density at radius 3 is 2.15 bits per heavy atom. The van der Waals surface area contributed by atoms with Crippen LogP contribution in [-0.4, -0.2) is 5.84 Å². The van der Waals surface area contributed by atoms with E-state index in [4.69, 9.17) is 4.99 Å². The summed E-state index contributed by atoms with van der Waals surface area (Å²) in [6, 6.07) is 23.4. The Kier molecular flexibility index (Phi) is 4.48. The summed E-state index contributed by atoms with van der Waals surface area (Å²) >= 11 is 0. The van der Waals surface area contributed by atoms with Gasteiger partial charge in [-0.05, 0) is 34.9 Å². The second-order valence-corrected chi connectivity index (χ2v) is 6.38. The van der Waals surface area contributed by atoms with Crippen LogP contribution in [-0.2, 0) is 6.42 Å². The van der Waals surface area contributed by atoms with Gasteiger partial charge in [0.15, 0.2) is 0 Å². The van der Waals surface area contributed by atoms with Gasteiger partial charge in [-0.1, -0.05) is 60.7 Å². The fourth-order valence-electron chi connectivity index (χ4n) is 3.34. The maximum Gasteiger partial charge on any atom is 0.127 e. The van der Waals surface area contributed by atoms with E-state index in [0.717, 1.165) is 23.3 Å². The summed E-state index contributed by atoms with van der Waals surface area (Å²) in [4.78, 5) is 4.80. The highest BCUT2D eigenvalue weighted by Gasteiger charge is 2.31. The van der Waals surface area contributed by atoms with Crippen molar-refractivity contribution in [3.8, 4) is 0 Å². The topological polar surface area (TPSA) is 24.4 Å². The van der Waals surface area contributed by atoms with Crippen LogP contribution in [0.2, 0.25) is 0 Å². The van der Waals surface area contributed by atoms with E-state index in [9.17, 15) is 8.78 Å². The largest absolute Gasteiger partial charge is 0.364 e. The molecule has 0 aromatic heterocycles. The van der Waals surface area contributed by atoms with E-state index in [1.165, 1.54) is 6.07 Å². The van der Waals surface area contributed by atoms with Crippen LogP contribution >= 0.6 is 0 Å². The Morgan fingerprint density at radius 1 is 0.808 bits per heavy atom. The molecule has 1 aliphatic rings. The minimum Gasteiger partial charge on any atom is -0.364 e. The lowest BCUT2D eigenvalue weighted by Gasteiger charge is -2.19. The van der Waals surface area contributed by atoms with Crippen molar-refractivity contribution in [2.45, 2.75) is 18.5 Å². The van der Waals surface area contributed by atoms with Crippen LogP contribution < -0.4 is 5.32 Å². The lowest BCUT2D eigenvalue weighted by Crippen LogP contribution is -2.26. The smallest absolute Gasteiger partial charge is 0.127 e. The molecule has 0 bridgehead atoms. The molecule has 1 N–H and O–H groups in total. The number of nitrogens with one attached hydrogen (secondary N) is 1. The summed E-state index contributed by atoms with van der Waals surface area (Å²) in [6.07, 6.45) is 0.232. The van der Waals surface area contributed by atoms with Gasteiger partial charge in [0, 0.05) is 6.42 Å². The fourth-order valence-corrected chi connectivity index (χ4v) is 3.34. The molecule has 2 atom stereocenters. The summed E-state index contributed by atoms with van der Waals surface area (Å²) in [6.45, 7) is 0. The van der Waals surface area contributed by atoms with Gasteiger partial charge in [-0.15, -0.1) is 0 Å². The molecule has 0 saturated heterocycles. The Morgan fingerprint density at radius 2 is 1.46 bits per heavy atom. The van der Waals surface area contributed by atoms with Gasteiger partial charge in [-0.2, -0.15) is 0 Å². The number of benzene rings is 3. The molecule has 4 heteroatoms. The summed E-state index contributed by atoms with van der Waals surface area (Å²) < 4.78 is 27.5. The third-order valence-corrected chi connectivity index (χ3v) is 4.60. The first-order valence-electron chi connectivity index (χ1n) is 8.58. The van der Waals surface area contributed by atoms with E-state index in [0.29, 0.717) is 11.4 Å². The molecule has 0 aliphatic carbocycles. The molecule has 4 rings (SSSR count). The third-order valence-electron chi connectivity index (χ3n) is 4.60. The van der Waals surface area contributed by atoms with Crippen LogP contribution in [0.4, 0.5) is 8.78 Å². The highest BCUT2D eigenvalue weighted by Crippen LogP contribution is 2.36. The van der Waals surface area contributed by atoms with E-state index in [2.05, 4.69) is 17.4 Å². The molecule has 3 aromatic carbocycles. The van der Waals surface area contributed by atoms with Crippen molar-refractivity contribution >= 4 is 5.84 Å². The average Bonchev–Trinajstić information content (AvgIpc) is 3.10. The molecule has 0 radical (unpaired) electrons. The van der Waals surface area contributed by atoms with Gasteiger partial charge in [0.05, 0.1) is 6.04 Å². The van der Waals surface area contributed by atoms with E-state index in [1.807, 2.05) is 48.5 Å². The van der Waals surface area contributed by atoms with Gasteiger partial charge in [0.2, 0.25) is 0 Å². The van der Waals surface area contributed by atoms with Crippen LogP contribution in [0.25, 0.3) is 0 Å². The Balaban J connectivity index is 1.67. The first kappa shape index (κ1) is 16.5. The number of hydrogen-bond acceptors (Lipinski definition) is 2. The van der Waals surface area contributed by atoms with Crippen LogP contribution in [0, 0.1) is 11.6 Å². The molecule has 3 aromatic rings. The van der Waals surface area contributed by atoms with Crippen molar-refractivity contribution in [1.29, 1.82) is 0 Å². The zero-order chi connectivity index (χ0) is 17.9. The normalized spacial score (nSPS) is 19.1. The van der Waals surface area contributed by atoms with Crippen LogP contribution in [0.15, 0.2) is 83.9 Å². The minimum atomic E-state index is -0.445. The van der Waals surface area contributed by atoms with Crippen LogP contribution in [0.1, 0.15) is 28.8 Å². The number of halogens is 2. The fraction of sp³-hybridized carbons (Fsp3) is 0.136. The van der Waals surface area contributed by atoms with Crippen molar-refractivity contribution in [2.24, 2.45) is 4.99 Å². The van der Waals surface area contributed by atoms with E-state index >= 15 is 0 Å². The van der Waals surface area contributed by atoms with Crippen molar-refractivity contribution in [2.75, 3.05) is 0 Å². The highest BCUT2D eigenvalue weighted by atomic mass is 19.1. The van der Waals surface area contributed by atoms with Crippen molar-refractivity contribution in [3.63, 3.8) is 0 Å². The zero-order valence-electron chi connectivity index (χ0n) is 14.1. The molecule has 0 fully saturated rings. The zero-order valence-corrected chi connectivity index (χ0v) is 14.1. The first-order chi connectivity index (χ1) is 12.7. The lowest BCUT2D eigenvalue weighted by molar-refractivity contribution is 0.570. The SMILES string of the molecule is Fc1ccc(F)c(CC2=N[C@@H](c3ccccc3)[C@@H](c3ccccc3)N2)c1. The Hall–Kier alpha value is -3.01. The monoisotopic (exact) mass is 348 g/mol. The summed E-state index contributed by atoms with van der Waals surface area (Å²) in [5, 5.41) is 3.41.